The standard InChI is InChI=1S/C37H30/c1-4-32-33(5-2)37(35-16-9-8-15-34(35)36(32)27-19-17-25(3)18-20-27)31-14-10-13-29(24-31)30-22-21-26-11-6-7-12-28(26)23-30/h4-24H,1-3H3/b32-4+,33-5+. The van der Waals surface area contributed by atoms with E-state index in [1.807, 2.05) is 0 Å². The van der Waals surface area contributed by atoms with Crippen molar-refractivity contribution >= 4 is 33.7 Å². The third kappa shape index (κ3) is 4.05. The van der Waals surface area contributed by atoms with E-state index in [0.717, 1.165) is 0 Å². The summed E-state index contributed by atoms with van der Waals surface area (Å²) in [6.07, 6.45) is 4.55. The van der Waals surface area contributed by atoms with Crippen LogP contribution in [-0.2, 0) is 0 Å². The lowest BCUT2D eigenvalue weighted by atomic mass is 9.87. The maximum atomic E-state index is 2.35. The van der Waals surface area contributed by atoms with Crippen LogP contribution in [0.15, 0.2) is 115 Å². The molecule has 0 aliphatic heterocycles. The highest BCUT2D eigenvalue weighted by Gasteiger charge is 2.14. The van der Waals surface area contributed by atoms with Gasteiger partial charge in [-0.15, -0.1) is 0 Å². The van der Waals surface area contributed by atoms with Gasteiger partial charge in [-0.05, 0) is 98.3 Å². The summed E-state index contributed by atoms with van der Waals surface area (Å²) in [5.74, 6) is 0. The Morgan fingerprint density at radius 1 is 0.432 bits per heavy atom. The first-order chi connectivity index (χ1) is 18.2. The van der Waals surface area contributed by atoms with E-state index in [0.29, 0.717) is 0 Å². The molecule has 0 bridgehead atoms. The minimum atomic E-state index is 1.24. The van der Waals surface area contributed by atoms with E-state index in [1.165, 1.54) is 70.9 Å². The molecular formula is C37H30. The number of hydrogen-bond donors (Lipinski definition) is 0. The Bertz CT molecular complexity index is 1890. The molecule has 0 saturated heterocycles. The molecule has 0 heteroatoms. The fourth-order valence-electron chi connectivity index (χ4n) is 5.64. The molecule has 0 aliphatic rings. The normalized spacial score (nSPS) is 12.5. The monoisotopic (exact) mass is 474 g/mol. The van der Waals surface area contributed by atoms with E-state index >= 15 is 0 Å². The lowest BCUT2D eigenvalue weighted by Crippen LogP contribution is -2.29. The van der Waals surface area contributed by atoms with Crippen molar-refractivity contribution < 1.29 is 0 Å². The first-order valence-corrected chi connectivity index (χ1v) is 13.0. The fraction of sp³-hybridized carbons (Fsp3) is 0.0811. The summed E-state index contributed by atoms with van der Waals surface area (Å²) in [4.78, 5) is 0. The van der Waals surface area contributed by atoms with E-state index in [-0.39, 0.29) is 0 Å². The van der Waals surface area contributed by atoms with Gasteiger partial charge in [-0.3, -0.25) is 0 Å². The highest BCUT2D eigenvalue weighted by molar-refractivity contribution is 6.06. The van der Waals surface area contributed by atoms with Crippen LogP contribution in [0, 0.1) is 6.92 Å². The highest BCUT2D eigenvalue weighted by Crippen LogP contribution is 2.33. The van der Waals surface area contributed by atoms with Crippen LogP contribution in [0.5, 0.6) is 0 Å². The Balaban J connectivity index is 1.64. The SMILES string of the molecule is C/C=c1/c(-c2ccc(C)cc2)c2ccccc2c(-c2cccc(-c3ccc4ccccc4c3)c2)/c1=C/C. The highest BCUT2D eigenvalue weighted by atomic mass is 14.2. The average Bonchev–Trinajstić information content (AvgIpc) is 2.96. The topological polar surface area (TPSA) is 0 Å². The van der Waals surface area contributed by atoms with E-state index in [9.17, 15) is 0 Å². The van der Waals surface area contributed by atoms with Crippen LogP contribution < -0.4 is 10.4 Å². The van der Waals surface area contributed by atoms with Gasteiger partial charge in [0.1, 0.15) is 0 Å². The third-order valence-electron chi connectivity index (χ3n) is 7.45. The molecule has 0 saturated carbocycles. The van der Waals surface area contributed by atoms with Crippen LogP contribution in [0.1, 0.15) is 19.4 Å². The van der Waals surface area contributed by atoms with Crippen molar-refractivity contribution in [1.29, 1.82) is 0 Å². The van der Waals surface area contributed by atoms with Crippen molar-refractivity contribution in [2.24, 2.45) is 0 Å². The minimum Gasteiger partial charge on any atom is -0.0791 e. The molecule has 0 unspecified atom stereocenters. The zero-order chi connectivity index (χ0) is 25.4. The number of rotatable bonds is 3. The predicted molar refractivity (Wildman–Crippen MR) is 162 cm³/mol. The Hall–Kier alpha value is -4.42. The molecule has 0 aromatic heterocycles. The largest absolute Gasteiger partial charge is 0.0791 e. The summed E-state index contributed by atoms with van der Waals surface area (Å²) in [6, 6.07) is 42.1. The number of fused-ring (bicyclic) bond motifs is 2. The number of benzene rings is 6. The second kappa shape index (κ2) is 9.56. The van der Waals surface area contributed by atoms with Gasteiger partial charge in [0.2, 0.25) is 0 Å². The molecule has 0 nitrogen and oxygen atoms in total. The van der Waals surface area contributed by atoms with Crippen LogP contribution in [0.25, 0.3) is 67.1 Å². The van der Waals surface area contributed by atoms with Crippen LogP contribution >= 0.6 is 0 Å². The summed E-state index contributed by atoms with van der Waals surface area (Å²) in [5.41, 5.74) is 8.86. The van der Waals surface area contributed by atoms with Crippen molar-refractivity contribution in [3.8, 4) is 33.4 Å². The molecule has 6 rings (SSSR count). The Kier molecular flexibility index (Phi) is 5.94. The predicted octanol–water partition coefficient (Wildman–Crippen LogP) is 8.90. The van der Waals surface area contributed by atoms with E-state index in [1.54, 1.807) is 0 Å². The number of hydrogen-bond acceptors (Lipinski definition) is 0. The Morgan fingerprint density at radius 3 is 1.65 bits per heavy atom. The fourth-order valence-corrected chi connectivity index (χ4v) is 5.64. The molecule has 37 heavy (non-hydrogen) atoms. The molecule has 0 heterocycles. The van der Waals surface area contributed by atoms with Crippen molar-refractivity contribution in [2.45, 2.75) is 20.8 Å². The molecule has 0 atom stereocenters. The van der Waals surface area contributed by atoms with Gasteiger partial charge in [-0.2, -0.15) is 0 Å². The van der Waals surface area contributed by atoms with Crippen LogP contribution in [0.2, 0.25) is 0 Å². The molecule has 0 aliphatic carbocycles. The Labute approximate surface area is 218 Å². The lowest BCUT2D eigenvalue weighted by Gasteiger charge is -2.16. The van der Waals surface area contributed by atoms with Gasteiger partial charge in [0.15, 0.2) is 0 Å². The van der Waals surface area contributed by atoms with Gasteiger partial charge in [-0.25, -0.2) is 0 Å². The second-order valence-electron chi connectivity index (χ2n) is 9.71. The van der Waals surface area contributed by atoms with Crippen molar-refractivity contribution in [3.05, 3.63) is 131 Å². The number of aryl methyl sites for hydroxylation is 1. The van der Waals surface area contributed by atoms with Crippen molar-refractivity contribution in [3.63, 3.8) is 0 Å². The van der Waals surface area contributed by atoms with E-state index in [2.05, 4.69) is 148 Å². The molecular weight excluding hydrogens is 444 g/mol. The van der Waals surface area contributed by atoms with Crippen molar-refractivity contribution in [2.75, 3.05) is 0 Å². The van der Waals surface area contributed by atoms with Crippen molar-refractivity contribution in [1.82, 2.24) is 0 Å². The van der Waals surface area contributed by atoms with Gasteiger partial charge < -0.3 is 0 Å². The van der Waals surface area contributed by atoms with Gasteiger partial charge in [0.25, 0.3) is 0 Å². The maximum Gasteiger partial charge on any atom is -0.00296 e. The minimum absolute atomic E-state index is 1.24. The molecule has 0 amide bonds. The molecule has 0 radical (unpaired) electrons. The molecule has 0 N–H and O–H groups in total. The maximum absolute atomic E-state index is 2.35. The van der Waals surface area contributed by atoms with Crippen LogP contribution in [0.3, 0.4) is 0 Å². The first kappa shape index (κ1) is 23.0. The summed E-state index contributed by atoms with van der Waals surface area (Å²) < 4.78 is 0. The first-order valence-electron chi connectivity index (χ1n) is 13.0. The summed E-state index contributed by atoms with van der Waals surface area (Å²) in [6.45, 7) is 6.46. The Morgan fingerprint density at radius 2 is 0.973 bits per heavy atom. The van der Waals surface area contributed by atoms with E-state index in [4.69, 9.17) is 0 Å². The zero-order valence-electron chi connectivity index (χ0n) is 21.6. The molecule has 178 valence electrons. The zero-order valence-corrected chi connectivity index (χ0v) is 21.6. The van der Waals surface area contributed by atoms with Crippen LogP contribution in [-0.4, -0.2) is 0 Å². The van der Waals surface area contributed by atoms with E-state index < -0.39 is 0 Å². The quantitative estimate of drug-likeness (QED) is 0.240. The average molecular weight is 475 g/mol. The van der Waals surface area contributed by atoms with Gasteiger partial charge in [0.05, 0.1) is 0 Å². The van der Waals surface area contributed by atoms with Crippen LogP contribution in [0.4, 0.5) is 0 Å². The summed E-state index contributed by atoms with van der Waals surface area (Å²) in [7, 11) is 0. The molecule has 0 fully saturated rings. The smallest absolute Gasteiger partial charge is 0.00296 e. The second-order valence-corrected chi connectivity index (χ2v) is 9.71. The lowest BCUT2D eigenvalue weighted by molar-refractivity contribution is 1.45. The molecule has 0 spiro atoms. The molecule has 6 aromatic rings. The summed E-state index contributed by atoms with van der Waals surface area (Å²) >= 11 is 0. The van der Waals surface area contributed by atoms with Gasteiger partial charge >= 0.3 is 0 Å². The third-order valence-corrected chi connectivity index (χ3v) is 7.45. The van der Waals surface area contributed by atoms with Gasteiger partial charge in [0, 0.05) is 0 Å². The van der Waals surface area contributed by atoms with Gasteiger partial charge in [-0.1, -0.05) is 121 Å². The molecule has 6 aromatic carbocycles. The summed E-state index contributed by atoms with van der Waals surface area (Å²) in [5, 5.41) is 7.68.